The minimum atomic E-state index is -1.31. The van der Waals surface area contributed by atoms with Crippen molar-refractivity contribution < 1.29 is 30.0 Å². The normalized spacial score (nSPS) is 11.3. The molecule has 0 aliphatic heterocycles. The molecule has 2 aromatic rings. The lowest BCUT2D eigenvalue weighted by Crippen LogP contribution is -2.37. The summed E-state index contributed by atoms with van der Waals surface area (Å²) >= 11 is 0. The number of aromatic hydroxyl groups is 2. The van der Waals surface area contributed by atoms with Gasteiger partial charge in [0.05, 0.1) is 0 Å². The number of phenolic OH excluding ortho intramolecular Hbond substituents is 2. The van der Waals surface area contributed by atoms with Gasteiger partial charge in [0.1, 0.15) is 16.9 Å². The number of benzene rings is 2. The van der Waals surface area contributed by atoms with Gasteiger partial charge in [-0.1, -0.05) is 43.5 Å². The number of carbonyl (C=O) groups is 2. The lowest BCUT2D eigenvalue weighted by atomic mass is 9.71. The molecule has 27 heavy (non-hydrogen) atoms. The Morgan fingerprint density at radius 3 is 1.56 bits per heavy atom. The van der Waals surface area contributed by atoms with Crippen molar-refractivity contribution in [1.29, 1.82) is 0 Å². The number of rotatable bonds is 10. The highest BCUT2D eigenvalue weighted by molar-refractivity contribution is 5.86. The van der Waals surface area contributed by atoms with E-state index in [1.807, 2.05) is 0 Å². The molecule has 0 spiro atoms. The summed E-state index contributed by atoms with van der Waals surface area (Å²) in [7, 11) is 0. The predicted octanol–water partition coefficient (Wildman–Crippen LogP) is 3.89. The summed E-state index contributed by atoms with van der Waals surface area (Å²) in [6.07, 6.45) is 3.04. The van der Waals surface area contributed by atoms with E-state index in [4.69, 9.17) is 5.11 Å². The maximum absolute atomic E-state index is 12.4. The fourth-order valence-corrected chi connectivity index (χ4v) is 3.32. The predicted molar refractivity (Wildman–Crippen MR) is 100.0 cm³/mol. The highest BCUT2D eigenvalue weighted by atomic mass is 16.4. The Balaban J connectivity index is 2.28. The highest BCUT2D eigenvalue weighted by Gasteiger charge is 2.41. The largest absolute Gasteiger partial charge is 0.508 e. The van der Waals surface area contributed by atoms with Gasteiger partial charge in [-0.05, 0) is 48.2 Å². The third-order valence-corrected chi connectivity index (χ3v) is 4.78. The molecule has 0 aliphatic carbocycles. The van der Waals surface area contributed by atoms with E-state index < -0.39 is 17.4 Å². The first-order valence-corrected chi connectivity index (χ1v) is 8.90. The Kier molecular flexibility index (Phi) is 6.82. The third-order valence-electron chi connectivity index (χ3n) is 4.78. The number of hydrogen-bond donors (Lipinski definition) is 4. The van der Waals surface area contributed by atoms with E-state index in [-0.39, 0.29) is 17.9 Å². The zero-order chi connectivity index (χ0) is 19.9. The van der Waals surface area contributed by atoms with Crippen LogP contribution in [0.3, 0.4) is 0 Å². The van der Waals surface area contributed by atoms with Crippen molar-refractivity contribution in [2.45, 2.75) is 43.9 Å². The Labute approximate surface area is 157 Å². The van der Waals surface area contributed by atoms with Crippen LogP contribution in [0, 0.1) is 0 Å². The molecule has 0 fully saturated rings. The van der Waals surface area contributed by atoms with Crippen LogP contribution in [0.4, 0.5) is 0 Å². The number of phenols is 2. The van der Waals surface area contributed by atoms with Crippen LogP contribution in [0.5, 0.6) is 11.5 Å². The van der Waals surface area contributed by atoms with Gasteiger partial charge in [0.2, 0.25) is 0 Å². The summed E-state index contributed by atoms with van der Waals surface area (Å²) in [5, 5.41) is 38.0. The minimum absolute atomic E-state index is 0.0532. The van der Waals surface area contributed by atoms with Crippen molar-refractivity contribution in [3.8, 4) is 11.5 Å². The summed E-state index contributed by atoms with van der Waals surface area (Å²) in [4.78, 5) is 23.0. The van der Waals surface area contributed by atoms with Gasteiger partial charge in [-0.15, -0.1) is 0 Å². The molecule has 2 aromatic carbocycles. The van der Waals surface area contributed by atoms with Gasteiger partial charge in [-0.2, -0.15) is 0 Å². The summed E-state index contributed by atoms with van der Waals surface area (Å²) in [6.45, 7) is 0. The molecule has 0 atom stereocenters. The van der Waals surface area contributed by atoms with Crippen LogP contribution in [0.25, 0.3) is 0 Å². The number of aliphatic carboxylic acids is 2. The second-order valence-electron chi connectivity index (χ2n) is 6.61. The topological polar surface area (TPSA) is 115 Å². The zero-order valence-electron chi connectivity index (χ0n) is 15.0. The molecule has 2 rings (SSSR count). The van der Waals surface area contributed by atoms with E-state index in [1.54, 1.807) is 24.3 Å². The van der Waals surface area contributed by atoms with E-state index >= 15 is 0 Å². The molecule has 0 unspecified atom stereocenters. The van der Waals surface area contributed by atoms with Crippen LogP contribution in [-0.4, -0.2) is 32.4 Å². The van der Waals surface area contributed by atoms with Crippen molar-refractivity contribution in [3.05, 3.63) is 59.7 Å². The van der Waals surface area contributed by atoms with Crippen molar-refractivity contribution in [2.24, 2.45) is 0 Å². The average Bonchev–Trinajstić information content (AvgIpc) is 2.63. The van der Waals surface area contributed by atoms with Crippen molar-refractivity contribution in [3.63, 3.8) is 0 Å². The molecule has 0 saturated carbocycles. The van der Waals surface area contributed by atoms with E-state index in [0.717, 1.165) is 6.42 Å². The second-order valence-corrected chi connectivity index (χ2v) is 6.61. The molecule has 0 radical (unpaired) electrons. The van der Waals surface area contributed by atoms with Crippen molar-refractivity contribution in [1.82, 2.24) is 0 Å². The molecule has 6 heteroatoms. The smallest absolute Gasteiger partial charge is 0.318 e. The molecular formula is C21H24O6. The molecule has 6 nitrogen and oxygen atoms in total. The van der Waals surface area contributed by atoms with Crippen LogP contribution < -0.4 is 0 Å². The highest BCUT2D eigenvalue weighted by Crippen LogP contribution is 2.39. The van der Waals surface area contributed by atoms with Crippen molar-refractivity contribution >= 4 is 11.9 Å². The maximum Gasteiger partial charge on any atom is 0.318 e. The number of hydrogen-bond acceptors (Lipinski definition) is 4. The first-order valence-electron chi connectivity index (χ1n) is 8.90. The van der Waals surface area contributed by atoms with Gasteiger partial charge in [0, 0.05) is 6.42 Å². The first kappa shape index (κ1) is 20.3. The van der Waals surface area contributed by atoms with Gasteiger partial charge in [0.25, 0.3) is 0 Å². The Hall–Kier alpha value is -3.02. The van der Waals surface area contributed by atoms with Crippen LogP contribution in [0.15, 0.2) is 48.5 Å². The van der Waals surface area contributed by atoms with Crippen molar-refractivity contribution in [2.75, 3.05) is 0 Å². The summed E-state index contributed by atoms with van der Waals surface area (Å²) < 4.78 is 0. The van der Waals surface area contributed by atoms with E-state index in [9.17, 15) is 24.9 Å². The number of carboxylic acids is 2. The van der Waals surface area contributed by atoms with Gasteiger partial charge in [0.15, 0.2) is 0 Å². The fraction of sp³-hybridized carbons (Fsp3) is 0.333. The molecule has 4 N–H and O–H groups in total. The SMILES string of the molecule is O=C(O)CCCCCCC(C(=O)O)(c1ccc(O)cc1)c1ccc(O)cc1. The molecule has 0 aliphatic rings. The monoisotopic (exact) mass is 372 g/mol. The van der Waals surface area contributed by atoms with Crippen LogP contribution in [-0.2, 0) is 15.0 Å². The van der Waals surface area contributed by atoms with Gasteiger partial charge < -0.3 is 20.4 Å². The molecular weight excluding hydrogens is 348 g/mol. The van der Waals surface area contributed by atoms with Gasteiger partial charge in [-0.3, -0.25) is 9.59 Å². The first-order chi connectivity index (χ1) is 12.9. The van der Waals surface area contributed by atoms with Gasteiger partial charge >= 0.3 is 11.9 Å². The maximum atomic E-state index is 12.4. The quantitative estimate of drug-likeness (QED) is 0.470. The molecule has 0 aromatic heterocycles. The summed E-state index contributed by atoms with van der Waals surface area (Å²) in [5.41, 5.74) is -0.221. The molecule has 0 amide bonds. The number of unbranched alkanes of at least 4 members (excludes halogenated alkanes) is 3. The minimum Gasteiger partial charge on any atom is -0.508 e. The van der Waals surface area contributed by atoms with Gasteiger partial charge in [-0.25, -0.2) is 0 Å². The van der Waals surface area contributed by atoms with E-state index in [2.05, 4.69) is 0 Å². The molecule has 144 valence electrons. The van der Waals surface area contributed by atoms with E-state index in [0.29, 0.717) is 36.8 Å². The Morgan fingerprint density at radius 2 is 1.15 bits per heavy atom. The summed E-state index contributed by atoms with van der Waals surface area (Å²) in [6, 6.07) is 12.2. The van der Waals surface area contributed by atoms with Crippen LogP contribution in [0.1, 0.15) is 49.7 Å². The molecule has 0 saturated heterocycles. The second kappa shape index (κ2) is 9.07. The third kappa shape index (κ3) is 5.00. The lowest BCUT2D eigenvalue weighted by molar-refractivity contribution is -0.142. The molecule has 0 bridgehead atoms. The Bertz CT molecular complexity index is 719. The number of carboxylic acid groups (broad SMARTS) is 2. The Morgan fingerprint density at radius 1 is 0.704 bits per heavy atom. The van der Waals surface area contributed by atoms with Crippen LogP contribution in [0.2, 0.25) is 0 Å². The summed E-state index contributed by atoms with van der Waals surface area (Å²) in [5.74, 6) is -1.73. The fourth-order valence-electron chi connectivity index (χ4n) is 3.32. The average molecular weight is 372 g/mol. The van der Waals surface area contributed by atoms with Crippen LogP contribution >= 0.6 is 0 Å². The lowest BCUT2D eigenvalue weighted by Gasteiger charge is -2.31. The molecule has 0 heterocycles. The standard InChI is InChI=1S/C21H24O6/c22-17-10-6-15(7-11-17)21(20(26)27,16-8-12-18(23)13-9-16)14-4-2-1-3-5-19(24)25/h6-13,22-23H,1-5,14H2,(H,24,25)(H,26,27). The van der Waals surface area contributed by atoms with E-state index in [1.165, 1.54) is 24.3 Å². The zero-order valence-corrected chi connectivity index (χ0v) is 15.0.